The number of hydrogen-bond donors (Lipinski definition) is 2. The Bertz CT molecular complexity index is 705. The minimum absolute atomic E-state index is 0. The second-order valence-corrected chi connectivity index (χ2v) is 6.93. The number of nitrogens with one attached hydrogen (secondary N) is 1. The van der Waals surface area contributed by atoms with Crippen molar-refractivity contribution >= 4 is 69.6 Å². The van der Waals surface area contributed by atoms with Gasteiger partial charge in [0.15, 0.2) is 11.1 Å². The summed E-state index contributed by atoms with van der Waals surface area (Å²) in [6.07, 6.45) is 0. The molecule has 0 aliphatic rings. The first-order chi connectivity index (χ1) is 10.9. The van der Waals surface area contributed by atoms with Gasteiger partial charge in [-0.1, -0.05) is 29.3 Å². The fourth-order valence-electron chi connectivity index (χ4n) is 1.94. The van der Waals surface area contributed by atoms with Crippen molar-refractivity contribution in [2.45, 2.75) is 19.5 Å². The smallest absolute Gasteiger partial charge is 0.189 e. The van der Waals surface area contributed by atoms with E-state index >= 15 is 0 Å². The van der Waals surface area contributed by atoms with E-state index in [0.29, 0.717) is 22.5 Å². The summed E-state index contributed by atoms with van der Waals surface area (Å²) < 4.78 is 0. The van der Waals surface area contributed by atoms with E-state index in [-0.39, 0.29) is 30.0 Å². The molecule has 3 N–H and O–H groups in total. The van der Waals surface area contributed by atoms with Crippen LogP contribution < -0.4 is 16.0 Å². The highest BCUT2D eigenvalue weighted by atomic mass is 127. The maximum atomic E-state index is 6.19. The Labute approximate surface area is 173 Å². The van der Waals surface area contributed by atoms with Gasteiger partial charge < -0.3 is 16.0 Å². The average molecular weight is 500 g/mol. The van der Waals surface area contributed by atoms with Crippen molar-refractivity contribution in [1.29, 1.82) is 0 Å². The molecule has 1 atom stereocenters. The molecular formula is C15H20Cl2IN5S. The lowest BCUT2D eigenvalue weighted by Gasteiger charge is -2.16. The standard InChI is InChI=1S/C15H19Cl2N5S.HI/c1-9(12-5-4-10(16)6-13(12)17)20-14(18)19-7-11-8-23-15(21-11)22(2)3;/h4-6,8-9H,7H2,1-3H3,(H3,18,19,20);1H. The molecule has 5 nitrogen and oxygen atoms in total. The molecule has 0 amide bonds. The molecule has 2 aromatic rings. The monoisotopic (exact) mass is 499 g/mol. The summed E-state index contributed by atoms with van der Waals surface area (Å²) in [5.41, 5.74) is 7.75. The van der Waals surface area contributed by atoms with Crippen LogP contribution in [-0.2, 0) is 6.54 Å². The van der Waals surface area contributed by atoms with Crippen LogP contribution in [0.25, 0.3) is 0 Å². The average Bonchev–Trinajstić information content (AvgIpc) is 2.94. The fraction of sp³-hybridized carbons (Fsp3) is 0.333. The molecule has 9 heteroatoms. The van der Waals surface area contributed by atoms with E-state index < -0.39 is 0 Å². The van der Waals surface area contributed by atoms with E-state index in [1.807, 2.05) is 37.4 Å². The maximum Gasteiger partial charge on any atom is 0.189 e. The van der Waals surface area contributed by atoms with Gasteiger partial charge in [-0.15, -0.1) is 35.3 Å². The minimum atomic E-state index is -0.0729. The summed E-state index contributed by atoms with van der Waals surface area (Å²) in [4.78, 5) is 10.7. The number of nitrogens with two attached hydrogens (primary N) is 1. The highest BCUT2D eigenvalue weighted by Gasteiger charge is 2.11. The molecule has 24 heavy (non-hydrogen) atoms. The molecule has 1 heterocycles. The van der Waals surface area contributed by atoms with Crippen LogP contribution in [0.1, 0.15) is 24.2 Å². The number of nitrogens with zero attached hydrogens (tertiary/aromatic N) is 3. The SMILES string of the molecule is CC(NC(N)=NCc1csc(N(C)C)n1)c1ccc(Cl)cc1Cl.I. The van der Waals surface area contributed by atoms with Gasteiger partial charge in [0.25, 0.3) is 0 Å². The maximum absolute atomic E-state index is 6.19. The van der Waals surface area contributed by atoms with Gasteiger partial charge in [-0.25, -0.2) is 9.98 Å². The zero-order valence-corrected chi connectivity index (χ0v) is 18.2. The van der Waals surface area contributed by atoms with Crippen LogP contribution in [0.5, 0.6) is 0 Å². The van der Waals surface area contributed by atoms with Gasteiger partial charge in [0, 0.05) is 29.5 Å². The Hall–Kier alpha value is -0.770. The Balaban J connectivity index is 0.00000288. The normalized spacial score (nSPS) is 12.5. The quantitative estimate of drug-likeness (QED) is 0.365. The lowest BCUT2D eigenvalue weighted by Crippen LogP contribution is -2.34. The molecule has 0 saturated heterocycles. The molecule has 1 unspecified atom stereocenters. The summed E-state index contributed by atoms with van der Waals surface area (Å²) in [5, 5.41) is 7.25. The Morgan fingerprint density at radius 3 is 2.71 bits per heavy atom. The number of halogens is 3. The number of anilines is 1. The molecule has 132 valence electrons. The van der Waals surface area contributed by atoms with Gasteiger partial charge in [0.2, 0.25) is 0 Å². The van der Waals surface area contributed by atoms with Crippen molar-refractivity contribution in [3.8, 4) is 0 Å². The van der Waals surface area contributed by atoms with Crippen LogP contribution in [-0.4, -0.2) is 25.0 Å². The number of rotatable bonds is 5. The van der Waals surface area contributed by atoms with Crippen LogP contribution in [0.15, 0.2) is 28.6 Å². The van der Waals surface area contributed by atoms with Crippen LogP contribution in [0.2, 0.25) is 10.0 Å². The molecule has 0 aliphatic carbocycles. The summed E-state index contributed by atoms with van der Waals surface area (Å²) >= 11 is 13.7. The molecule has 0 aliphatic heterocycles. The molecular weight excluding hydrogens is 480 g/mol. The molecule has 1 aromatic carbocycles. The third kappa shape index (κ3) is 5.94. The number of guanidine groups is 1. The largest absolute Gasteiger partial charge is 0.370 e. The number of benzene rings is 1. The first kappa shape index (κ1) is 21.3. The van der Waals surface area contributed by atoms with Crippen LogP contribution in [0.3, 0.4) is 0 Å². The fourth-order valence-corrected chi connectivity index (χ4v) is 3.26. The van der Waals surface area contributed by atoms with Gasteiger partial charge in [0.1, 0.15) is 0 Å². The molecule has 0 spiro atoms. The predicted molar refractivity (Wildman–Crippen MR) is 115 cm³/mol. The van der Waals surface area contributed by atoms with E-state index in [1.165, 1.54) is 0 Å². The first-order valence-electron chi connectivity index (χ1n) is 7.00. The zero-order chi connectivity index (χ0) is 17.0. The predicted octanol–water partition coefficient (Wildman–Crippen LogP) is 4.30. The van der Waals surface area contributed by atoms with Gasteiger partial charge in [0.05, 0.1) is 18.3 Å². The second kappa shape index (κ2) is 9.65. The Kier molecular flexibility index (Phi) is 8.55. The number of thiazole rings is 1. The third-order valence-corrected chi connectivity index (χ3v) is 4.75. The second-order valence-electron chi connectivity index (χ2n) is 5.25. The van der Waals surface area contributed by atoms with Gasteiger partial charge in [-0.3, -0.25) is 0 Å². The van der Waals surface area contributed by atoms with Crippen molar-refractivity contribution < 1.29 is 0 Å². The lowest BCUT2D eigenvalue weighted by atomic mass is 10.1. The Morgan fingerprint density at radius 1 is 1.42 bits per heavy atom. The molecule has 0 saturated carbocycles. The molecule has 1 aromatic heterocycles. The summed E-state index contributed by atoms with van der Waals surface area (Å²) in [5.74, 6) is 0.350. The zero-order valence-electron chi connectivity index (χ0n) is 13.6. The highest BCUT2D eigenvalue weighted by Crippen LogP contribution is 2.26. The molecule has 0 radical (unpaired) electrons. The van der Waals surface area contributed by atoms with Crippen molar-refractivity contribution in [2.24, 2.45) is 10.7 Å². The van der Waals surface area contributed by atoms with Crippen LogP contribution in [0.4, 0.5) is 5.13 Å². The molecule has 0 fully saturated rings. The lowest BCUT2D eigenvalue weighted by molar-refractivity contribution is 0.707. The van der Waals surface area contributed by atoms with E-state index in [4.69, 9.17) is 28.9 Å². The van der Waals surface area contributed by atoms with E-state index in [1.54, 1.807) is 23.5 Å². The van der Waals surface area contributed by atoms with Gasteiger partial charge in [-0.05, 0) is 24.6 Å². The molecule has 0 bridgehead atoms. The summed E-state index contributed by atoms with van der Waals surface area (Å²) in [7, 11) is 3.92. The first-order valence-corrected chi connectivity index (χ1v) is 8.63. The highest BCUT2D eigenvalue weighted by molar-refractivity contribution is 14.0. The van der Waals surface area contributed by atoms with Gasteiger partial charge >= 0.3 is 0 Å². The summed E-state index contributed by atoms with van der Waals surface area (Å²) in [6.45, 7) is 2.40. The van der Waals surface area contributed by atoms with Crippen LogP contribution >= 0.6 is 58.5 Å². The van der Waals surface area contributed by atoms with Crippen molar-refractivity contribution in [3.63, 3.8) is 0 Å². The third-order valence-electron chi connectivity index (χ3n) is 3.13. The van der Waals surface area contributed by atoms with E-state index in [9.17, 15) is 0 Å². The van der Waals surface area contributed by atoms with Crippen molar-refractivity contribution in [1.82, 2.24) is 10.3 Å². The summed E-state index contributed by atoms with van der Waals surface area (Å²) in [6, 6.07) is 5.31. The Morgan fingerprint density at radius 2 is 2.12 bits per heavy atom. The van der Waals surface area contributed by atoms with E-state index in [2.05, 4.69) is 15.3 Å². The molecule has 2 rings (SSSR count). The van der Waals surface area contributed by atoms with Gasteiger partial charge in [-0.2, -0.15) is 0 Å². The van der Waals surface area contributed by atoms with Crippen molar-refractivity contribution in [2.75, 3.05) is 19.0 Å². The number of hydrogen-bond acceptors (Lipinski definition) is 4. The number of aliphatic imine (C=N–C) groups is 1. The van der Waals surface area contributed by atoms with E-state index in [0.717, 1.165) is 16.4 Å². The number of aromatic nitrogens is 1. The minimum Gasteiger partial charge on any atom is -0.370 e. The topological polar surface area (TPSA) is 66.5 Å². The van der Waals surface area contributed by atoms with Crippen molar-refractivity contribution in [3.05, 3.63) is 44.9 Å². The van der Waals surface area contributed by atoms with Crippen LogP contribution in [0, 0.1) is 0 Å².